The lowest BCUT2D eigenvalue weighted by Gasteiger charge is -2.15. The maximum atomic E-state index is 12.8. The van der Waals surface area contributed by atoms with E-state index >= 15 is 0 Å². The molecular weight excluding hydrogens is 440 g/mol. The molecule has 1 aliphatic rings. The summed E-state index contributed by atoms with van der Waals surface area (Å²) in [4.78, 5) is 12.9. The first-order valence-electron chi connectivity index (χ1n) is 11.4. The van der Waals surface area contributed by atoms with Gasteiger partial charge in [-0.15, -0.1) is 0 Å². The monoisotopic (exact) mass is 474 g/mol. The van der Waals surface area contributed by atoms with Crippen molar-refractivity contribution in [1.82, 2.24) is 9.62 Å². The van der Waals surface area contributed by atoms with Gasteiger partial charge in [0.25, 0.3) is 0 Å². The number of fused-ring (bicyclic) bond motifs is 1. The average Bonchev–Trinajstić information content (AvgIpc) is 3.28. The fourth-order valence-electron chi connectivity index (χ4n) is 3.94. The highest BCUT2D eigenvalue weighted by atomic mass is 32.2. The molecular formula is C25H34N2O5S. The Hall–Kier alpha value is -2.42. The molecule has 0 saturated carbocycles. The van der Waals surface area contributed by atoms with E-state index in [9.17, 15) is 13.2 Å². The van der Waals surface area contributed by atoms with Crippen molar-refractivity contribution in [1.29, 1.82) is 0 Å². The van der Waals surface area contributed by atoms with Gasteiger partial charge in [-0.25, -0.2) is 12.7 Å². The van der Waals surface area contributed by atoms with E-state index in [0.29, 0.717) is 30.8 Å². The number of carbonyl (C=O) groups excluding carboxylic acids is 1. The lowest BCUT2D eigenvalue weighted by Crippen LogP contribution is -2.23. The Morgan fingerprint density at radius 2 is 1.88 bits per heavy atom. The first-order valence-corrected chi connectivity index (χ1v) is 12.9. The zero-order valence-corrected chi connectivity index (χ0v) is 20.5. The SMILES string of the molecule is COc1ccccc1CCCNCCCCC(=O)c1cc2c(c(S(=O)(=O)N(C)C)c1)OCC2. The molecule has 0 atom stereocenters. The number of para-hydroxylation sites is 1. The summed E-state index contributed by atoms with van der Waals surface area (Å²) in [6.07, 6.45) is 4.61. The maximum absolute atomic E-state index is 12.8. The second-order valence-electron chi connectivity index (χ2n) is 8.39. The topological polar surface area (TPSA) is 84.9 Å². The van der Waals surface area contributed by atoms with Crippen molar-refractivity contribution in [2.45, 2.75) is 43.4 Å². The summed E-state index contributed by atoms with van der Waals surface area (Å²) < 4.78 is 37.5. The highest BCUT2D eigenvalue weighted by molar-refractivity contribution is 7.89. The Bertz CT molecular complexity index is 1070. The lowest BCUT2D eigenvalue weighted by molar-refractivity contribution is 0.0979. The first kappa shape index (κ1) is 25.2. The van der Waals surface area contributed by atoms with E-state index in [1.54, 1.807) is 13.2 Å². The predicted octanol–water partition coefficient (Wildman–Crippen LogP) is 3.46. The summed E-state index contributed by atoms with van der Waals surface area (Å²) in [5, 5.41) is 3.43. The summed E-state index contributed by atoms with van der Waals surface area (Å²) in [5.74, 6) is 1.28. The smallest absolute Gasteiger partial charge is 0.246 e. The number of ketones is 1. The normalized spacial score (nSPS) is 13.1. The number of hydrogen-bond donors (Lipinski definition) is 1. The van der Waals surface area contributed by atoms with Gasteiger partial charge in [0, 0.05) is 32.5 Å². The maximum Gasteiger partial charge on any atom is 0.246 e. The van der Waals surface area contributed by atoms with Gasteiger partial charge < -0.3 is 14.8 Å². The Kier molecular flexibility index (Phi) is 8.88. The van der Waals surface area contributed by atoms with Gasteiger partial charge in [0.05, 0.1) is 13.7 Å². The molecule has 3 rings (SSSR count). The molecule has 2 aromatic rings. The van der Waals surface area contributed by atoms with Gasteiger partial charge >= 0.3 is 0 Å². The summed E-state index contributed by atoms with van der Waals surface area (Å²) in [7, 11) is 0.970. The number of benzene rings is 2. The minimum absolute atomic E-state index is 0.0314. The minimum Gasteiger partial charge on any atom is -0.496 e. The molecule has 0 aliphatic carbocycles. The van der Waals surface area contributed by atoms with E-state index in [4.69, 9.17) is 9.47 Å². The molecule has 1 heterocycles. The van der Waals surface area contributed by atoms with Crippen LogP contribution in [0.15, 0.2) is 41.3 Å². The third-order valence-corrected chi connectivity index (χ3v) is 7.65. The second-order valence-corrected chi connectivity index (χ2v) is 10.5. The molecule has 2 aromatic carbocycles. The van der Waals surface area contributed by atoms with Crippen LogP contribution < -0.4 is 14.8 Å². The Balaban J connectivity index is 1.44. The van der Waals surface area contributed by atoms with E-state index in [-0.39, 0.29) is 10.7 Å². The number of Topliss-reactive ketones (excluding diaryl/α,β-unsaturated/α-hetero) is 1. The number of hydrogen-bond acceptors (Lipinski definition) is 6. The fourth-order valence-corrected chi connectivity index (χ4v) is 5.03. The molecule has 0 unspecified atom stereocenters. The Morgan fingerprint density at radius 1 is 1.12 bits per heavy atom. The van der Waals surface area contributed by atoms with Crippen LogP contribution in [0.2, 0.25) is 0 Å². The minimum atomic E-state index is -3.68. The van der Waals surface area contributed by atoms with E-state index in [1.807, 2.05) is 18.2 Å². The van der Waals surface area contributed by atoms with Crippen molar-refractivity contribution in [3.63, 3.8) is 0 Å². The average molecular weight is 475 g/mol. The zero-order chi connectivity index (χ0) is 23.8. The van der Waals surface area contributed by atoms with Crippen LogP contribution in [0.5, 0.6) is 11.5 Å². The predicted molar refractivity (Wildman–Crippen MR) is 129 cm³/mol. The van der Waals surface area contributed by atoms with Gasteiger partial charge in [-0.2, -0.15) is 0 Å². The largest absolute Gasteiger partial charge is 0.496 e. The zero-order valence-electron chi connectivity index (χ0n) is 19.7. The molecule has 0 fully saturated rings. The van der Waals surface area contributed by atoms with Crippen LogP contribution in [0.25, 0.3) is 0 Å². The van der Waals surface area contributed by atoms with Gasteiger partial charge in [0.15, 0.2) is 5.78 Å². The molecule has 0 aromatic heterocycles. The van der Waals surface area contributed by atoms with Gasteiger partial charge in [0.1, 0.15) is 16.4 Å². The molecule has 0 radical (unpaired) electrons. The van der Waals surface area contributed by atoms with Crippen molar-refractivity contribution in [2.24, 2.45) is 0 Å². The first-order chi connectivity index (χ1) is 15.8. The lowest BCUT2D eigenvalue weighted by atomic mass is 10.0. The Labute approximate surface area is 197 Å². The molecule has 33 heavy (non-hydrogen) atoms. The van der Waals surface area contributed by atoms with Crippen LogP contribution >= 0.6 is 0 Å². The summed E-state index contributed by atoms with van der Waals surface area (Å²) in [5.41, 5.74) is 2.45. The summed E-state index contributed by atoms with van der Waals surface area (Å²) >= 11 is 0. The van der Waals surface area contributed by atoms with Crippen LogP contribution in [0.4, 0.5) is 0 Å². The number of carbonyl (C=O) groups is 1. The number of unbranched alkanes of at least 4 members (excludes halogenated alkanes) is 1. The molecule has 7 nitrogen and oxygen atoms in total. The van der Waals surface area contributed by atoms with Crippen LogP contribution in [-0.2, 0) is 22.9 Å². The number of methoxy groups -OCH3 is 1. The molecule has 180 valence electrons. The van der Waals surface area contributed by atoms with E-state index in [0.717, 1.165) is 54.4 Å². The van der Waals surface area contributed by atoms with Crippen LogP contribution in [0.3, 0.4) is 0 Å². The van der Waals surface area contributed by atoms with Crippen molar-refractivity contribution in [3.05, 3.63) is 53.1 Å². The summed E-state index contributed by atoms with van der Waals surface area (Å²) in [6.45, 7) is 2.19. The molecule has 0 spiro atoms. The number of ether oxygens (including phenoxy) is 2. The van der Waals surface area contributed by atoms with Gasteiger partial charge in [-0.05, 0) is 68.1 Å². The Morgan fingerprint density at radius 3 is 2.64 bits per heavy atom. The van der Waals surface area contributed by atoms with Crippen molar-refractivity contribution in [3.8, 4) is 11.5 Å². The molecule has 0 bridgehead atoms. The summed E-state index contributed by atoms with van der Waals surface area (Å²) in [6, 6.07) is 11.3. The van der Waals surface area contributed by atoms with Crippen molar-refractivity contribution in [2.75, 3.05) is 40.9 Å². The van der Waals surface area contributed by atoms with Gasteiger partial charge in [0.2, 0.25) is 10.0 Å². The number of rotatable bonds is 13. The number of nitrogens with one attached hydrogen (secondary N) is 1. The standard InChI is InChI=1S/C25H34N2O5S/c1-27(2)33(29,30)24-18-21(17-20-13-16-32-25(20)24)22(28)11-6-7-14-26-15-8-10-19-9-4-5-12-23(19)31-3/h4-5,9,12,17-18,26H,6-8,10-11,13-16H2,1-3H3. The highest BCUT2D eigenvalue weighted by Crippen LogP contribution is 2.35. The number of sulfonamides is 1. The van der Waals surface area contributed by atoms with Crippen molar-refractivity contribution >= 4 is 15.8 Å². The third-order valence-electron chi connectivity index (χ3n) is 5.83. The number of aryl methyl sites for hydroxylation is 1. The van der Waals surface area contributed by atoms with E-state index in [2.05, 4.69) is 11.4 Å². The second kappa shape index (κ2) is 11.6. The molecule has 0 saturated heterocycles. The quantitative estimate of drug-likeness (QED) is 0.354. The molecule has 1 aliphatic heterocycles. The van der Waals surface area contributed by atoms with Crippen LogP contribution in [-0.4, -0.2) is 59.4 Å². The fraction of sp³-hybridized carbons (Fsp3) is 0.480. The van der Waals surface area contributed by atoms with Crippen LogP contribution in [0, 0.1) is 0 Å². The molecule has 0 amide bonds. The molecule has 1 N–H and O–H groups in total. The highest BCUT2D eigenvalue weighted by Gasteiger charge is 2.29. The third kappa shape index (κ3) is 6.34. The molecule has 8 heteroatoms. The van der Waals surface area contributed by atoms with Gasteiger partial charge in [-0.3, -0.25) is 4.79 Å². The van der Waals surface area contributed by atoms with Gasteiger partial charge in [-0.1, -0.05) is 18.2 Å². The van der Waals surface area contributed by atoms with Crippen LogP contribution in [0.1, 0.15) is 47.2 Å². The van der Waals surface area contributed by atoms with E-state index in [1.165, 1.54) is 25.7 Å². The number of nitrogens with zero attached hydrogens (tertiary/aromatic N) is 1. The van der Waals surface area contributed by atoms with Crippen molar-refractivity contribution < 1.29 is 22.7 Å². The van der Waals surface area contributed by atoms with E-state index < -0.39 is 10.0 Å².